The topological polar surface area (TPSA) is 59.6 Å². The number of carbonyl (C=O) groups excluding carboxylic acids is 1. The van der Waals surface area contributed by atoms with Crippen LogP contribution < -0.4 is 20.1 Å². The van der Waals surface area contributed by atoms with Crippen LogP contribution in [0, 0.1) is 0 Å². The van der Waals surface area contributed by atoms with Crippen LogP contribution in [0.15, 0.2) is 18.2 Å². The van der Waals surface area contributed by atoms with Crippen LogP contribution in [-0.4, -0.2) is 32.7 Å². The van der Waals surface area contributed by atoms with Gasteiger partial charge in [-0.05, 0) is 38.0 Å². The number of hydrogen-bond acceptors (Lipinski definition) is 4. The van der Waals surface area contributed by atoms with Crippen molar-refractivity contribution in [2.75, 3.05) is 20.8 Å². The lowest BCUT2D eigenvalue weighted by molar-refractivity contribution is -0.120. The Balaban J connectivity index is 1.98. The highest BCUT2D eigenvalue weighted by Crippen LogP contribution is 2.29. The Labute approximate surface area is 119 Å². The molecule has 0 heterocycles. The molecule has 1 aromatic rings. The smallest absolute Gasteiger partial charge is 0.234 e. The van der Waals surface area contributed by atoms with Crippen LogP contribution in [0.4, 0.5) is 0 Å². The number of rotatable bonds is 7. The minimum atomic E-state index is -0.131. The Kier molecular flexibility index (Phi) is 4.84. The van der Waals surface area contributed by atoms with Crippen LogP contribution in [0.2, 0.25) is 0 Å². The average molecular weight is 278 g/mol. The summed E-state index contributed by atoms with van der Waals surface area (Å²) in [7, 11) is 3.24. The molecule has 2 rings (SSSR count). The van der Waals surface area contributed by atoms with Gasteiger partial charge in [0.25, 0.3) is 0 Å². The molecule has 1 aliphatic carbocycles. The Morgan fingerprint density at radius 3 is 2.70 bits per heavy atom. The summed E-state index contributed by atoms with van der Waals surface area (Å²) in [4.78, 5) is 11.9. The molecule has 0 saturated heterocycles. The summed E-state index contributed by atoms with van der Waals surface area (Å²) in [6.07, 6.45) is 2.35. The molecule has 1 aliphatic rings. The lowest BCUT2D eigenvalue weighted by Crippen LogP contribution is -2.36. The van der Waals surface area contributed by atoms with Gasteiger partial charge in [0.15, 0.2) is 0 Å². The van der Waals surface area contributed by atoms with Crippen LogP contribution >= 0.6 is 0 Å². The van der Waals surface area contributed by atoms with Crippen molar-refractivity contribution >= 4 is 5.91 Å². The molecule has 1 aromatic carbocycles. The fourth-order valence-electron chi connectivity index (χ4n) is 2.07. The summed E-state index contributed by atoms with van der Waals surface area (Å²) < 4.78 is 10.5. The van der Waals surface area contributed by atoms with Crippen LogP contribution in [0.5, 0.6) is 11.5 Å². The first-order valence-corrected chi connectivity index (χ1v) is 6.88. The fraction of sp³-hybridized carbons (Fsp3) is 0.533. The quantitative estimate of drug-likeness (QED) is 0.796. The van der Waals surface area contributed by atoms with E-state index >= 15 is 0 Å². The zero-order valence-corrected chi connectivity index (χ0v) is 12.2. The molecule has 0 radical (unpaired) electrons. The van der Waals surface area contributed by atoms with Crippen molar-refractivity contribution in [1.29, 1.82) is 0 Å². The standard InChI is InChI=1S/C15H22N2O3/c1-10(17-15(18)9-16-11-4-5-11)13-8-12(19-2)6-7-14(13)20-3/h6-8,10-11,16H,4-5,9H2,1-3H3,(H,17,18). The van der Waals surface area contributed by atoms with E-state index in [1.807, 2.05) is 25.1 Å². The van der Waals surface area contributed by atoms with Crippen molar-refractivity contribution < 1.29 is 14.3 Å². The zero-order chi connectivity index (χ0) is 14.5. The fourth-order valence-corrected chi connectivity index (χ4v) is 2.07. The number of carbonyl (C=O) groups is 1. The maximum atomic E-state index is 11.9. The van der Waals surface area contributed by atoms with E-state index in [1.54, 1.807) is 14.2 Å². The van der Waals surface area contributed by atoms with Gasteiger partial charge in [-0.2, -0.15) is 0 Å². The number of benzene rings is 1. The molecule has 1 saturated carbocycles. The Morgan fingerprint density at radius 2 is 2.10 bits per heavy atom. The van der Waals surface area contributed by atoms with Crippen molar-refractivity contribution in [3.8, 4) is 11.5 Å². The molecule has 110 valence electrons. The van der Waals surface area contributed by atoms with Gasteiger partial charge in [-0.15, -0.1) is 0 Å². The molecule has 1 fully saturated rings. The van der Waals surface area contributed by atoms with E-state index in [0.717, 1.165) is 17.1 Å². The minimum Gasteiger partial charge on any atom is -0.497 e. The molecule has 0 spiro atoms. The monoisotopic (exact) mass is 278 g/mol. The summed E-state index contributed by atoms with van der Waals surface area (Å²) in [6, 6.07) is 5.97. The van der Waals surface area contributed by atoms with Crippen LogP contribution in [-0.2, 0) is 4.79 Å². The first-order chi connectivity index (χ1) is 9.63. The molecular weight excluding hydrogens is 256 g/mol. The number of hydrogen-bond donors (Lipinski definition) is 2. The third-order valence-corrected chi connectivity index (χ3v) is 3.41. The summed E-state index contributed by atoms with van der Waals surface area (Å²) >= 11 is 0. The van der Waals surface area contributed by atoms with Gasteiger partial charge in [0.2, 0.25) is 5.91 Å². The molecule has 20 heavy (non-hydrogen) atoms. The van der Waals surface area contributed by atoms with Crippen molar-refractivity contribution in [2.24, 2.45) is 0 Å². The predicted octanol–water partition coefficient (Wildman–Crippen LogP) is 1.63. The molecule has 1 amide bonds. The van der Waals surface area contributed by atoms with Gasteiger partial charge >= 0.3 is 0 Å². The maximum absolute atomic E-state index is 11.9. The van der Waals surface area contributed by atoms with E-state index < -0.39 is 0 Å². The third kappa shape index (κ3) is 3.87. The number of amides is 1. The van der Waals surface area contributed by atoms with Crippen molar-refractivity contribution in [1.82, 2.24) is 10.6 Å². The zero-order valence-electron chi connectivity index (χ0n) is 12.2. The molecule has 1 unspecified atom stereocenters. The highest BCUT2D eigenvalue weighted by Gasteiger charge is 2.22. The van der Waals surface area contributed by atoms with Gasteiger partial charge in [-0.3, -0.25) is 4.79 Å². The van der Waals surface area contributed by atoms with Crippen LogP contribution in [0.1, 0.15) is 31.4 Å². The maximum Gasteiger partial charge on any atom is 0.234 e. The highest BCUT2D eigenvalue weighted by atomic mass is 16.5. The first-order valence-electron chi connectivity index (χ1n) is 6.88. The van der Waals surface area contributed by atoms with E-state index in [1.165, 1.54) is 12.8 Å². The van der Waals surface area contributed by atoms with Crippen molar-refractivity contribution in [3.63, 3.8) is 0 Å². The normalized spacial score (nSPS) is 15.6. The summed E-state index contributed by atoms with van der Waals surface area (Å²) in [5, 5.41) is 6.16. The average Bonchev–Trinajstić information content (AvgIpc) is 3.28. The molecule has 5 nitrogen and oxygen atoms in total. The van der Waals surface area contributed by atoms with Gasteiger partial charge in [0.1, 0.15) is 11.5 Å². The van der Waals surface area contributed by atoms with E-state index in [9.17, 15) is 4.79 Å². The molecule has 0 aliphatic heterocycles. The summed E-state index contributed by atoms with van der Waals surface area (Å²) in [5.41, 5.74) is 0.909. The van der Waals surface area contributed by atoms with Gasteiger partial charge in [0, 0.05) is 11.6 Å². The second-order valence-electron chi connectivity index (χ2n) is 5.05. The van der Waals surface area contributed by atoms with Crippen LogP contribution in [0.25, 0.3) is 0 Å². The summed E-state index contributed by atoms with van der Waals surface area (Å²) in [6.45, 7) is 2.30. The lowest BCUT2D eigenvalue weighted by atomic mass is 10.1. The first kappa shape index (κ1) is 14.7. The van der Waals surface area contributed by atoms with Gasteiger partial charge in [0.05, 0.1) is 26.8 Å². The number of ether oxygens (including phenoxy) is 2. The van der Waals surface area contributed by atoms with Gasteiger partial charge < -0.3 is 20.1 Å². The SMILES string of the molecule is COc1ccc(OC)c(C(C)NC(=O)CNC2CC2)c1. The third-order valence-electron chi connectivity index (χ3n) is 3.41. The number of methoxy groups -OCH3 is 2. The minimum absolute atomic E-state index is 0.00530. The van der Waals surface area contributed by atoms with Crippen molar-refractivity contribution in [3.05, 3.63) is 23.8 Å². The van der Waals surface area contributed by atoms with E-state index in [2.05, 4.69) is 10.6 Å². The lowest BCUT2D eigenvalue weighted by Gasteiger charge is -2.18. The second kappa shape index (κ2) is 6.61. The van der Waals surface area contributed by atoms with Gasteiger partial charge in [-0.1, -0.05) is 0 Å². The van der Waals surface area contributed by atoms with Gasteiger partial charge in [-0.25, -0.2) is 0 Å². The predicted molar refractivity (Wildman–Crippen MR) is 77.1 cm³/mol. The second-order valence-corrected chi connectivity index (χ2v) is 5.05. The Bertz CT molecular complexity index is 472. The Morgan fingerprint density at radius 1 is 1.35 bits per heavy atom. The van der Waals surface area contributed by atoms with E-state index in [-0.39, 0.29) is 11.9 Å². The highest BCUT2D eigenvalue weighted by molar-refractivity contribution is 5.78. The number of nitrogens with one attached hydrogen (secondary N) is 2. The molecule has 1 atom stereocenters. The van der Waals surface area contributed by atoms with E-state index in [4.69, 9.17) is 9.47 Å². The Hall–Kier alpha value is -1.75. The molecule has 2 N–H and O–H groups in total. The molecule has 5 heteroatoms. The molecule has 0 aromatic heterocycles. The summed E-state index contributed by atoms with van der Waals surface area (Å²) in [5.74, 6) is 1.49. The van der Waals surface area contributed by atoms with Crippen molar-refractivity contribution in [2.45, 2.75) is 31.8 Å². The van der Waals surface area contributed by atoms with E-state index in [0.29, 0.717) is 12.6 Å². The molecule has 0 bridgehead atoms. The van der Waals surface area contributed by atoms with Crippen LogP contribution in [0.3, 0.4) is 0 Å². The molecular formula is C15H22N2O3. The largest absolute Gasteiger partial charge is 0.497 e.